The Hall–Kier alpha value is -3.29. The van der Waals surface area contributed by atoms with Crippen molar-refractivity contribution < 1.29 is 22.6 Å². The van der Waals surface area contributed by atoms with E-state index >= 15 is 0 Å². The fourth-order valence-electron chi connectivity index (χ4n) is 3.95. The molecule has 0 saturated heterocycles. The summed E-state index contributed by atoms with van der Waals surface area (Å²) in [6.45, 7) is 2.18. The highest BCUT2D eigenvalue weighted by atomic mass is 19.4. The van der Waals surface area contributed by atoms with Crippen LogP contribution in [0.3, 0.4) is 0 Å². The van der Waals surface area contributed by atoms with E-state index < -0.39 is 11.7 Å². The number of anilines is 2. The SMILES string of the molecule is CCN(c1ccccc1OC1CCCC1)c1nc(OCc2ccccc2)ncc1C(F)(F)F. The number of halogens is 3. The second-order valence-corrected chi connectivity index (χ2v) is 7.90. The predicted molar refractivity (Wildman–Crippen MR) is 120 cm³/mol. The maximum atomic E-state index is 13.9. The van der Waals surface area contributed by atoms with Gasteiger partial charge in [-0.2, -0.15) is 18.2 Å². The van der Waals surface area contributed by atoms with Crippen molar-refractivity contribution >= 4 is 11.5 Å². The van der Waals surface area contributed by atoms with E-state index in [0.717, 1.165) is 37.4 Å². The molecule has 1 fully saturated rings. The highest BCUT2D eigenvalue weighted by Crippen LogP contribution is 2.41. The quantitative estimate of drug-likeness (QED) is 0.384. The van der Waals surface area contributed by atoms with Crippen molar-refractivity contribution in [1.29, 1.82) is 0 Å². The van der Waals surface area contributed by atoms with Gasteiger partial charge in [0.15, 0.2) is 5.82 Å². The van der Waals surface area contributed by atoms with Crippen LogP contribution in [0.25, 0.3) is 0 Å². The van der Waals surface area contributed by atoms with Crippen LogP contribution in [0, 0.1) is 0 Å². The van der Waals surface area contributed by atoms with Gasteiger partial charge in [-0.25, -0.2) is 4.98 Å². The number of benzene rings is 2. The molecule has 8 heteroatoms. The molecule has 0 unspecified atom stereocenters. The van der Waals surface area contributed by atoms with Crippen molar-refractivity contribution in [3.8, 4) is 11.8 Å². The van der Waals surface area contributed by atoms with Gasteiger partial charge in [0.2, 0.25) is 0 Å². The average Bonchev–Trinajstić information content (AvgIpc) is 3.32. The van der Waals surface area contributed by atoms with Gasteiger partial charge in [0, 0.05) is 12.7 Å². The fraction of sp³-hybridized carbons (Fsp3) is 0.360. The van der Waals surface area contributed by atoms with Crippen molar-refractivity contribution in [2.75, 3.05) is 11.4 Å². The third-order valence-electron chi connectivity index (χ3n) is 5.59. The summed E-state index contributed by atoms with van der Waals surface area (Å²) in [5, 5.41) is 0. The zero-order valence-corrected chi connectivity index (χ0v) is 18.4. The molecule has 1 saturated carbocycles. The van der Waals surface area contributed by atoms with Gasteiger partial charge < -0.3 is 14.4 Å². The molecule has 0 bridgehead atoms. The number of ether oxygens (including phenoxy) is 2. The second kappa shape index (κ2) is 10.1. The lowest BCUT2D eigenvalue weighted by atomic mass is 10.2. The second-order valence-electron chi connectivity index (χ2n) is 7.90. The Balaban J connectivity index is 1.68. The topological polar surface area (TPSA) is 47.5 Å². The number of alkyl halides is 3. The van der Waals surface area contributed by atoms with Gasteiger partial charge in [0.1, 0.15) is 17.9 Å². The first-order chi connectivity index (χ1) is 16.0. The third kappa shape index (κ3) is 5.56. The van der Waals surface area contributed by atoms with Crippen LogP contribution in [0.4, 0.5) is 24.7 Å². The highest BCUT2D eigenvalue weighted by molar-refractivity contribution is 5.69. The number of hydrogen-bond acceptors (Lipinski definition) is 5. The standard InChI is InChI=1S/C25H26F3N3O2/c1-2-31(21-14-8-9-15-22(21)33-19-12-6-7-13-19)23-20(25(26,27)28)16-29-24(30-23)32-17-18-10-4-3-5-11-18/h3-5,8-11,14-16,19H,2,6-7,12-13,17H2,1H3. The van der Waals surface area contributed by atoms with Gasteiger partial charge in [-0.3, -0.25) is 0 Å². The van der Waals surface area contributed by atoms with Gasteiger partial charge in [0.05, 0.1) is 11.8 Å². The van der Waals surface area contributed by atoms with Gasteiger partial charge in [0.25, 0.3) is 0 Å². The van der Waals surface area contributed by atoms with Crippen molar-refractivity contribution in [2.24, 2.45) is 0 Å². The van der Waals surface area contributed by atoms with E-state index in [1.54, 1.807) is 25.1 Å². The van der Waals surface area contributed by atoms with Crippen LogP contribution >= 0.6 is 0 Å². The monoisotopic (exact) mass is 457 g/mol. The summed E-state index contributed by atoms with van der Waals surface area (Å²) in [5.41, 5.74) is 0.474. The molecular formula is C25H26F3N3O2. The molecule has 174 valence electrons. The zero-order valence-electron chi connectivity index (χ0n) is 18.4. The van der Waals surface area contributed by atoms with Gasteiger partial charge >= 0.3 is 12.2 Å². The van der Waals surface area contributed by atoms with Gasteiger partial charge in [-0.15, -0.1) is 0 Å². The molecule has 1 heterocycles. The number of para-hydroxylation sites is 2. The molecule has 5 nitrogen and oxygen atoms in total. The Morgan fingerprint density at radius 1 is 1.00 bits per heavy atom. The van der Waals surface area contributed by atoms with Crippen molar-refractivity contribution in [2.45, 2.75) is 51.5 Å². The summed E-state index contributed by atoms with van der Waals surface area (Å²) < 4.78 is 53.5. The maximum absolute atomic E-state index is 13.9. The van der Waals surface area contributed by atoms with Crippen molar-refractivity contribution in [3.63, 3.8) is 0 Å². The molecule has 0 N–H and O–H groups in total. The van der Waals surface area contributed by atoms with E-state index in [2.05, 4.69) is 9.97 Å². The summed E-state index contributed by atoms with van der Waals surface area (Å²) in [4.78, 5) is 9.52. The van der Waals surface area contributed by atoms with Crippen LogP contribution < -0.4 is 14.4 Å². The van der Waals surface area contributed by atoms with Crippen LogP contribution in [-0.4, -0.2) is 22.6 Å². The van der Waals surface area contributed by atoms with Crippen LogP contribution in [0.2, 0.25) is 0 Å². The lowest BCUT2D eigenvalue weighted by molar-refractivity contribution is -0.137. The van der Waals surface area contributed by atoms with Crippen LogP contribution in [0.15, 0.2) is 60.8 Å². The van der Waals surface area contributed by atoms with Crippen LogP contribution in [0.5, 0.6) is 11.8 Å². The minimum Gasteiger partial charge on any atom is -0.488 e. The summed E-state index contributed by atoms with van der Waals surface area (Å²) in [6, 6.07) is 16.3. The number of hydrogen-bond donors (Lipinski definition) is 0. The number of aromatic nitrogens is 2. The Bertz CT molecular complexity index is 1050. The Morgan fingerprint density at radius 3 is 2.39 bits per heavy atom. The minimum absolute atomic E-state index is 0.0714. The Labute approximate surface area is 191 Å². The molecule has 0 amide bonds. The Morgan fingerprint density at radius 2 is 1.70 bits per heavy atom. The summed E-state index contributed by atoms with van der Waals surface area (Å²) in [6.07, 6.45) is 0.307. The lowest BCUT2D eigenvalue weighted by Crippen LogP contribution is -2.24. The van der Waals surface area contributed by atoms with Gasteiger partial charge in [-0.1, -0.05) is 42.5 Å². The van der Waals surface area contributed by atoms with Crippen molar-refractivity contribution in [3.05, 3.63) is 71.9 Å². The molecular weight excluding hydrogens is 431 g/mol. The first kappa shape index (κ1) is 22.9. The normalized spacial score (nSPS) is 14.3. The molecule has 0 atom stereocenters. The van der Waals surface area contributed by atoms with E-state index in [9.17, 15) is 13.2 Å². The molecule has 1 aromatic heterocycles. The van der Waals surface area contributed by atoms with Crippen molar-refractivity contribution in [1.82, 2.24) is 9.97 Å². The molecule has 1 aliphatic carbocycles. The van der Waals surface area contributed by atoms with E-state index in [0.29, 0.717) is 11.4 Å². The average molecular weight is 457 g/mol. The largest absolute Gasteiger partial charge is 0.488 e. The first-order valence-corrected chi connectivity index (χ1v) is 11.1. The fourth-order valence-corrected chi connectivity index (χ4v) is 3.95. The molecule has 0 aliphatic heterocycles. The van der Waals surface area contributed by atoms with Gasteiger partial charge in [-0.05, 0) is 50.3 Å². The third-order valence-corrected chi connectivity index (χ3v) is 5.59. The molecule has 4 rings (SSSR count). The van der Waals surface area contributed by atoms with E-state index in [1.165, 1.54) is 4.90 Å². The maximum Gasteiger partial charge on any atom is 0.421 e. The zero-order chi connectivity index (χ0) is 23.3. The summed E-state index contributed by atoms with van der Waals surface area (Å²) in [5.74, 6) is 0.287. The molecule has 3 aromatic rings. The Kier molecular flexibility index (Phi) is 7.01. The molecule has 1 aliphatic rings. The number of nitrogens with zero attached hydrogens (tertiary/aromatic N) is 3. The lowest BCUT2D eigenvalue weighted by Gasteiger charge is -2.28. The minimum atomic E-state index is -4.62. The predicted octanol–water partition coefficient (Wildman–Crippen LogP) is 6.55. The summed E-state index contributed by atoms with van der Waals surface area (Å²) >= 11 is 0. The molecule has 33 heavy (non-hydrogen) atoms. The molecule has 0 radical (unpaired) electrons. The highest BCUT2D eigenvalue weighted by Gasteiger charge is 2.37. The molecule has 0 spiro atoms. The van der Waals surface area contributed by atoms with Crippen LogP contribution in [-0.2, 0) is 12.8 Å². The number of rotatable bonds is 8. The molecule has 2 aromatic carbocycles. The van der Waals surface area contributed by atoms with E-state index in [-0.39, 0.29) is 31.1 Å². The van der Waals surface area contributed by atoms with E-state index in [4.69, 9.17) is 9.47 Å². The first-order valence-electron chi connectivity index (χ1n) is 11.1. The smallest absolute Gasteiger partial charge is 0.421 e. The van der Waals surface area contributed by atoms with E-state index in [1.807, 2.05) is 36.4 Å². The summed E-state index contributed by atoms with van der Waals surface area (Å²) in [7, 11) is 0. The van der Waals surface area contributed by atoms with Crippen LogP contribution in [0.1, 0.15) is 43.7 Å².